The molecule has 5 heteroatoms. The minimum Gasteiger partial charge on any atom is -0.444 e. The number of hydrogen-bond donors (Lipinski definition) is 1. The molecule has 5 nitrogen and oxygen atoms in total. The monoisotopic (exact) mass is 268 g/mol. The zero-order valence-corrected chi connectivity index (χ0v) is 12.4. The highest BCUT2D eigenvalue weighted by molar-refractivity contribution is 5.68. The number of aromatic nitrogens is 1. The summed E-state index contributed by atoms with van der Waals surface area (Å²) >= 11 is 0. The van der Waals surface area contributed by atoms with Gasteiger partial charge in [-0.15, -0.1) is 0 Å². The largest absolute Gasteiger partial charge is 0.444 e. The molecule has 1 aromatic heterocycles. The highest BCUT2D eigenvalue weighted by atomic mass is 16.6. The van der Waals surface area contributed by atoms with Crippen LogP contribution in [0.5, 0.6) is 0 Å². The summed E-state index contributed by atoms with van der Waals surface area (Å²) in [5.41, 5.74) is 0.349. The normalized spacial score (nSPS) is 13.4. The van der Waals surface area contributed by atoms with Crippen LogP contribution >= 0.6 is 0 Å². The summed E-state index contributed by atoms with van der Waals surface area (Å²) in [6, 6.07) is 1.81. The Morgan fingerprint density at radius 1 is 1.47 bits per heavy atom. The summed E-state index contributed by atoms with van der Waals surface area (Å²) in [6.07, 6.45) is 2.66. The van der Waals surface area contributed by atoms with Gasteiger partial charge in [0.05, 0.1) is 5.69 Å². The van der Waals surface area contributed by atoms with Crippen molar-refractivity contribution in [2.75, 3.05) is 0 Å². The van der Waals surface area contributed by atoms with E-state index in [1.807, 2.05) is 26.8 Å². The molecule has 1 aromatic rings. The van der Waals surface area contributed by atoms with E-state index in [9.17, 15) is 4.79 Å². The molecule has 0 fully saturated rings. The first-order valence-electron chi connectivity index (χ1n) is 6.65. The van der Waals surface area contributed by atoms with Gasteiger partial charge >= 0.3 is 6.09 Å². The fourth-order valence-electron chi connectivity index (χ4n) is 1.83. The third-order valence-corrected chi connectivity index (χ3v) is 2.42. The summed E-state index contributed by atoms with van der Waals surface area (Å²) < 4.78 is 10.1. The SMILES string of the molecule is CC(C)C[C@@H](Cc1ccon1)NC(=O)OC(C)(C)C. The maximum Gasteiger partial charge on any atom is 0.407 e. The molecule has 0 aliphatic heterocycles. The minimum atomic E-state index is -0.486. The molecule has 0 aromatic carbocycles. The summed E-state index contributed by atoms with van der Waals surface area (Å²) in [4.78, 5) is 11.8. The van der Waals surface area contributed by atoms with E-state index in [0.717, 1.165) is 12.1 Å². The summed E-state index contributed by atoms with van der Waals surface area (Å²) in [6.45, 7) is 9.78. The molecule has 0 radical (unpaired) electrons. The van der Waals surface area contributed by atoms with Gasteiger partial charge in [0.15, 0.2) is 0 Å². The molecule has 1 atom stereocenters. The molecule has 0 spiro atoms. The molecule has 0 aliphatic carbocycles. The maximum atomic E-state index is 11.8. The van der Waals surface area contributed by atoms with Gasteiger partial charge in [-0.1, -0.05) is 19.0 Å². The predicted molar refractivity (Wildman–Crippen MR) is 72.8 cm³/mol. The van der Waals surface area contributed by atoms with Crippen LogP contribution in [0.25, 0.3) is 0 Å². The van der Waals surface area contributed by atoms with Gasteiger partial charge in [0.25, 0.3) is 0 Å². The molecule has 0 aliphatic rings. The van der Waals surface area contributed by atoms with Gasteiger partial charge < -0.3 is 14.6 Å². The standard InChI is InChI=1S/C14H24N2O3/c1-10(2)8-12(9-11-6-7-18-16-11)15-13(17)19-14(3,4)5/h6-7,10,12H,8-9H2,1-5H3,(H,15,17)/t12-/m0/s1. The van der Waals surface area contributed by atoms with Gasteiger partial charge in [0.1, 0.15) is 11.9 Å². The summed E-state index contributed by atoms with van der Waals surface area (Å²) in [5, 5.41) is 6.78. The minimum absolute atomic E-state index is 0.0000463. The Hall–Kier alpha value is -1.52. The van der Waals surface area contributed by atoms with Gasteiger partial charge in [-0.05, 0) is 33.1 Å². The Kier molecular flexibility index (Phi) is 5.39. The van der Waals surface area contributed by atoms with Crippen molar-refractivity contribution in [3.63, 3.8) is 0 Å². The average Bonchev–Trinajstić information content (AvgIpc) is 2.65. The lowest BCUT2D eigenvalue weighted by molar-refractivity contribution is 0.0498. The van der Waals surface area contributed by atoms with Crippen LogP contribution in [0.3, 0.4) is 0 Å². The van der Waals surface area contributed by atoms with Crippen molar-refractivity contribution >= 4 is 6.09 Å². The number of ether oxygens (including phenoxy) is 1. The third kappa shape index (κ3) is 6.84. The Balaban J connectivity index is 2.56. The maximum absolute atomic E-state index is 11.8. The smallest absolute Gasteiger partial charge is 0.407 e. The highest BCUT2D eigenvalue weighted by Crippen LogP contribution is 2.12. The predicted octanol–water partition coefficient (Wildman–Crippen LogP) is 3.16. The zero-order valence-electron chi connectivity index (χ0n) is 12.4. The van der Waals surface area contributed by atoms with Crippen molar-refractivity contribution in [1.82, 2.24) is 10.5 Å². The molecule has 1 amide bonds. The second-order valence-corrected chi connectivity index (χ2v) is 6.17. The van der Waals surface area contributed by atoms with Crippen molar-refractivity contribution in [3.05, 3.63) is 18.0 Å². The van der Waals surface area contributed by atoms with E-state index in [2.05, 4.69) is 24.3 Å². The lowest BCUT2D eigenvalue weighted by atomic mass is 10.00. The molecule has 1 heterocycles. The van der Waals surface area contributed by atoms with Crippen LogP contribution in [0, 0.1) is 5.92 Å². The van der Waals surface area contributed by atoms with E-state index >= 15 is 0 Å². The number of amides is 1. The van der Waals surface area contributed by atoms with Crippen LogP contribution in [-0.4, -0.2) is 22.9 Å². The Morgan fingerprint density at radius 2 is 2.16 bits per heavy atom. The number of alkyl carbamates (subject to hydrolysis) is 1. The van der Waals surface area contributed by atoms with E-state index in [4.69, 9.17) is 9.26 Å². The first-order chi connectivity index (χ1) is 8.76. The van der Waals surface area contributed by atoms with Crippen molar-refractivity contribution in [2.24, 2.45) is 5.92 Å². The van der Waals surface area contributed by atoms with Crippen LogP contribution in [0.2, 0.25) is 0 Å². The number of nitrogens with one attached hydrogen (secondary N) is 1. The number of carbonyl (C=O) groups excluding carboxylic acids is 1. The van der Waals surface area contributed by atoms with E-state index in [0.29, 0.717) is 12.3 Å². The van der Waals surface area contributed by atoms with Gasteiger partial charge in [-0.2, -0.15) is 0 Å². The van der Waals surface area contributed by atoms with E-state index in [1.165, 1.54) is 6.26 Å². The second-order valence-electron chi connectivity index (χ2n) is 6.17. The zero-order chi connectivity index (χ0) is 14.5. The highest BCUT2D eigenvalue weighted by Gasteiger charge is 2.21. The lowest BCUT2D eigenvalue weighted by Crippen LogP contribution is -2.41. The molecule has 0 saturated carbocycles. The number of hydrogen-bond acceptors (Lipinski definition) is 4. The van der Waals surface area contributed by atoms with E-state index in [1.54, 1.807) is 0 Å². The van der Waals surface area contributed by atoms with Crippen LogP contribution in [0.4, 0.5) is 4.79 Å². The average molecular weight is 268 g/mol. The molecule has 1 rings (SSSR count). The van der Waals surface area contributed by atoms with Gasteiger partial charge in [0.2, 0.25) is 0 Å². The number of carbonyl (C=O) groups is 1. The number of rotatable bonds is 5. The Morgan fingerprint density at radius 3 is 2.63 bits per heavy atom. The fraction of sp³-hybridized carbons (Fsp3) is 0.714. The van der Waals surface area contributed by atoms with Gasteiger partial charge in [-0.3, -0.25) is 0 Å². The van der Waals surface area contributed by atoms with Crippen molar-refractivity contribution < 1.29 is 14.1 Å². The van der Waals surface area contributed by atoms with E-state index in [-0.39, 0.29) is 12.1 Å². The third-order valence-electron chi connectivity index (χ3n) is 2.42. The lowest BCUT2D eigenvalue weighted by Gasteiger charge is -2.24. The van der Waals surface area contributed by atoms with E-state index < -0.39 is 5.60 Å². The first kappa shape index (κ1) is 15.5. The van der Waals surface area contributed by atoms with Gasteiger partial charge in [0, 0.05) is 18.5 Å². The molecule has 1 N–H and O–H groups in total. The Bertz CT molecular complexity index is 380. The van der Waals surface area contributed by atoms with Gasteiger partial charge in [-0.25, -0.2) is 4.79 Å². The van der Waals surface area contributed by atoms with Crippen LogP contribution in [-0.2, 0) is 11.2 Å². The van der Waals surface area contributed by atoms with Crippen molar-refractivity contribution in [1.29, 1.82) is 0 Å². The van der Waals surface area contributed by atoms with Crippen LogP contribution < -0.4 is 5.32 Å². The summed E-state index contributed by atoms with van der Waals surface area (Å²) in [7, 11) is 0. The molecular weight excluding hydrogens is 244 g/mol. The topological polar surface area (TPSA) is 64.4 Å². The molecular formula is C14H24N2O3. The molecule has 0 saturated heterocycles. The molecule has 19 heavy (non-hydrogen) atoms. The first-order valence-corrected chi connectivity index (χ1v) is 6.65. The number of nitrogens with zero attached hydrogens (tertiary/aromatic N) is 1. The Labute approximate surface area is 114 Å². The van der Waals surface area contributed by atoms with Crippen molar-refractivity contribution in [3.8, 4) is 0 Å². The fourth-order valence-corrected chi connectivity index (χ4v) is 1.83. The van der Waals surface area contributed by atoms with Crippen molar-refractivity contribution in [2.45, 2.75) is 59.1 Å². The molecule has 0 unspecified atom stereocenters. The second kappa shape index (κ2) is 6.59. The summed E-state index contributed by atoms with van der Waals surface area (Å²) in [5.74, 6) is 0.479. The quantitative estimate of drug-likeness (QED) is 0.891. The molecule has 108 valence electrons. The van der Waals surface area contributed by atoms with Crippen LogP contribution in [0.1, 0.15) is 46.7 Å². The van der Waals surface area contributed by atoms with Crippen LogP contribution in [0.15, 0.2) is 16.9 Å². The molecule has 0 bridgehead atoms.